The Labute approximate surface area is 244 Å². The molecule has 0 radical (unpaired) electrons. The van der Waals surface area contributed by atoms with Crippen molar-refractivity contribution in [2.75, 3.05) is 19.1 Å². The molecule has 3 atom stereocenters. The maximum absolute atomic E-state index is 14.8. The first-order valence-electron chi connectivity index (χ1n) is 14.0. The number of benzene rings is 4. The van der Waals surface area contributed by atoms with E-state index in [9.17, 15) is 14.4 Å². The summed E-state index contributed by atoms with van der Waals surface area (Å²) < 4.78 is 11.0. The molecule has 6 nitrogen and oxygen atoms in total. The standard InChI is InChI=1S/C36H29NO5/c1-21-14-16-29-22(18-21)15-17-30-36(34(39)27-12-4-5-13-28(27)35(36)40)31(23-8-6-10-25(19-23)41-2)32(37(29)30)33(38)24-9-7-11-26(20-24)42-3/h4-20,30-32H,1-3H3/t30-,31+,32+/m1/s1. The molecule has 6 heteroatoms. The van der Waals surface area contributed by atoms with Gasteiger partial charge in [0.2, 0.25) is 0 Å². The molecule has 0 bridgehead atoms. The van der Waals surface area contributed by atoms with Crippen molar-refractivity contribution in [1.29, 1.82) is 0 Å². The van der Waals surface area contributed by atoms with Crippen molar-refractivity contribution >= 4 is 29.1 Å². The molecular weight excluding hydrogens is 526 g/mol. The molecule has 0 amide bonds. The molecule has 3 aliphatic rings. The smallest absolute Gasteiger partial charge is 0.186 e. The van der Waals surface area contributed by atoms with Gasteiger partial charge in [0.05, 0.1) is 20.3 Å². The van der Waals surface area contributed by atoms with E-state index in [1.54, 1.807) is 62.8 Å². The largest absolute Gasteiger partial charge is 0.497 e. The number of aryl methyl sites for hydroxylation is 1. The zero-order chi connectivity index (χ0) is 29.2. The summed E-state index contributed by atoms with van der Waals surface area (Å²) in [7, 11) is 3.14. The summed E-state index contributed by atoms with van der Waals surface area (Å²) in [5, 5.41) is 0. The van der Waals surface area contributed by atoms with Gasteiger partial charge >= 0.3 is 0 Å². The van der Waals surface area contributed by atoms with Crippen molar-refractivity contribution < 1.29 is 23.9 Å². The Morgan fingerprint density at radius 1 is 0.786 bits per heavy atom. The van der Waals surface area contributed by atoms with Crippen LogP contribution in [0, 0.1) is 12.3 Å². The number of carbonyl (C=O) groups excluding carboxylic acids is 3. The number of hydrogen-bond donors (Lipinski definition) is 0. The lowest BCUT2D eigenvalue weighted by molar-refractivity contribution is 0.0665. The van der Waals surface area contributed by atoms with Crippen molar-refractivity contribution in [2.45, 2.75) is 24.9 Å². The summed E-state index contributed by atoms with van der Waals surface area (Å²) in [6.45, 7) is 2.02. The molecule has 1 spiro atoms. The first-order valence-corrected chi connectivity index (χ1v) is 14.0. The number of Topliss-reactive ketones (excluding diaryl/α,β-unsaturated/α-hetero) is 3. The van der Waals surface area contributed by atoms with Crippen molar-refractivity contribution in [1.82, 2.24) is 0 Å². The highest BCUT2D eigenvalue weighted by Gasteiger charge is 2.71. The van der Waals surface area contributed by atoms with Gasteiger partial charge in [0.1, 0.15) is 23.0 Å². The van der Waals surface area contributed by atoms with Crippen molar-refractivity contribution in [3.8, 4) is 11.5 Å². The minimum Gasteiger partial charge on any atom is -0.497 e. The molecule has 0 saturated carbocycles. The summed E-state index contributed by atoms with van der Waals surface area (Å²) in [5.41, 5.74) is 3.20. The van der Waals surface area contributed by atoms with Crippen LogP contribution in [0.5, 0.6) is 11.5 Å². The van der Waals surface area contributed by atoms with Gasteiger partial charge in [0, 0.05) is 28.3 Å². The Hall–Kier alpha value is -4.97. The maximum Gasteiger partial charge on any atom is 0.186 e. The fourth-order valence-electron chi connectivity index (χ4n) is 7.25. The van der Waals surface area contributed by atoms with Gasteiger partial charge in [-0.1, -0.05) is 72.3 Å². The van der Waals surface area contributed by atoms with Crippen LogP contribution in [0.2, 0.25) is 0 Å². The Bertz CT molecular complexity index is 1790. The molecule has 1 aliphatic carbocycles. The average Bonchev–Trinajstić information content (AvgIpc) is 3.46. The predicted molar refractivity (Wildman–Crippen MR) is 161 cm³/mol. The van der Waals surface area contributed by atoms with Crippen molar-refractivity contribution in [3.63, 3.8) is 0 Å². The Balaban J connectivity index is 1.55. The van der Waals surface area contributed by atoms with Crippen LogP contribution < -0.4 is 14.4 Å². The molecule has 0 N–H and O–H groups in total. The van der Waals surface area contributed by atoms with Crippen LogP contribution in [0.4, 0.5) is 5.69 Å². The maximum atomic E-state index is 14.8. The number of nitrogens with zero attached hydrogens (tertiary/aromatic N) is 1. The van der Waals surface area contributed by atoms with E-state index in [4.69, 9.17) is 9.47 Å². The van der Waals surface area contributed by atoms with Gasteiger partial charge in [-0.25, -0.2) is 0 Å². The molecule has 4 aromatic carbocycles. The van der Waals surface area contributed by atoms with E-state index in [0.717, 1.165) is 16.8 Å². The van der Waals surface area contributed by atoms with E-state index in [0.29, 0.717) is 33.8 Å². The van der Waals surface area contributed by atoms with Crippen LogP contribution in [0.15, 0.2) is 97.1 Å². The van der Waals surface area contributed by atoms with Crippen LogP contribution in [0.25, 0.3) is 6.08 Å². The zero-order valence-electron chi connectivity index (χ0n) is 23.5. The van der Waals surface area contributed by atoms with E-state index < -0.39 is 23.4 Å². The van der Waals surface area contributed by atoms with Crippen LogP contribution in [0.1, 0.15) is 53.7 Å². The van der Waals surface area contributed by atoms with Gasteiger partial charge in [-0.15, -0.1) is 0 Å². The Kier molecular flexibility index (Phi) is 5.91. The Morgan fingerprint density at radius 3 is 2.14 bits per heavy atom. The van der Waals surface area contributed by atoms with E-state index in [2.05, 4.69) is 6.07 Å². The normalized spacial score (nSPS) is 21.2. The number of fused-ring (bicyclic) bond motifs is 5. The van der Waals surface area contributed by atoms with Crippen LogP contribution in [0.3, 0.4) is 0 Å². The number of anilines is 1. The second-order valence-corrected chi connectivity index (χ2v) is 11.1. The molecule has 2 heterocycles. The topological polar surface area (TPSA) is 72.9 Å². The number of ether oxygens (including phenoxy) is 2. The van der Waals surface area contributed by atoms with Gasteiger partial charge in [0.15, 0.2) is 17.3 Å². The summed E-state index contributed by atoms with van der Waals surface area (Å²) in [5.74, 6) is -0.373. The molecule has 42 heavy (non-hydrogen) atoms. The monoisotopic (exact) mass is 555 g/mol. The minimum atomic E-state index is -1.56. The van der Waals surface area contributed by atoms with E-state index >= 15 is 0 Å². The highest BCUT2D eigenvalue weighted by molar-refractivity contribution is 6.32. The number of hydrogen-bond acceptors (Lipinski definition) is 6. The molecule has 1 saturated heterocycles. The molecule has 208 valence electrons. The summed E-state index contributed by atoms with van der Waals surface area (Å²) in [6.07, 6.45) is 3.92. The third-order valence-electron chi connectivity index (χ3n) is 9.04. The fourth-order valence-corrected chi connectivity index (χ4v) is 7.25. The lowest BCUT2D eigenvalue weighted by Gasteiger charge is -2.37. The van der Waals surface area contributed by atoms with E-state index in [1.807, 2.05) is 60.4 Å². The highest BCUT2D eigenvalue weighted by Crippen LogP contribution is 2.61. The summed E-state index contributed by atoms with van der Waals surface area (Å²) >= 11 is 0. The number of methoxy groups -OCH3 is 2. The lowest BCUT2D eigenvalue weighted by Crippen LogP contribution is -2.48. The van der Waals surface area contributed by atoms with Gasteiger partial charge in [-0.2, -0.15) is 0 Å². The first-order chi connectivity index (χ1) is 20.4. The zero-order valence-corrected chi connectivity index (χ0v) is 23.5. The first kappa shape index (κ1) is 26.0. The molecule has 7 rings (SSSR count). The minimum absolute atomic E-state index is 0.193. The summed E-state index contributed by atoms with van der Waals surface area (Å²) in [6, 6.07) is 26.0. The van der Waals surface area contributed by atoms with Crippen LogP contribution in [-0.4, -0.2) is 43.7 Å². The average molecular weight is 556 g/mol. The molecule has 0 aromatic heterocycles. The second-order valence-electron chi connectivity index (χ2n) is 11.1. The van der Waals surface area contributed by atoms with Crippen LogP contribution in [-0.2, 0) is 0 Å². The van der Waals surface area contributed by atoms with E-state index in [-0.39, 0.29) is 17.3 Å². The second kappa shape index (κ2) is 9.55. The van der Waals surface area contributed by atoms with Gasteiger partial charge in [-0.3, -0.25) is 14.4 Å². The van der Waals surface area contributed by atoms with Gasteiger partial charge in [-0.05, 0) is 54.4 Å². The number of carbonyl (C=O) groups is 3. The Morgan fingerprint density at radius 2 is 1.45 bits per heavy atom. The third-order valence-corrected chi connectivity index (χ3v) is 9.04. The molecule has 0 unspecified atom stereocenters. The fraction of sp³-hybridized carbons (Fsp3) is 0.194. The van der Waals surface area contributed by atoms with Crippen LogP contribution >= 0.6 is 0 Å². The quantitative estimate of drug-likeness (QED) is 0.212. The summed E-state index contributed by atoms with van der Waals surface area (Å²) in [4.78, 5) is 46.4. The predicted octanol–water partition coefficient (Wildman–Crippen LogP) is 6.33. The van der Waals surface area contributed by atoms with Gasteiger partial charge in [0.25, 0.3) is 0 Å². The molecule has 1 fully saturated rings. The van der Waals surface area contributed by atoms with E-state index in [1.165, 1.54) is 0 Å². The van der Waals surface area contributed by atoms with Gasteiger partial charge < -0.3 is 14.4 Å². The lowest BCUT2D eigenvalue weighted by atomic mass is 9.64. The molecule has 2 aliphatic heterocycles. The third kappa shape index (κ3) is 3.48. The SMILES string of the molecule is COc1cccc(C(=O)[C@@H]2[C@H](c3cccc(OC)c3)C3(C(=O)c4ccccc4C3=O)[C@H]3C=Cc4cc(C)ccc4N23)c1. The van der Waals surface area contributed by atoms with Crippen molar-refractivity contribution in [2.24, 2.45) is 5.41 Å². The highest BCUT2D eigenvalue weighted by atomic mass is 16.5. The van der Waals surface area contributed by atoms with Crippen molar-refractivity contribution in [3.05, 3.63) is 130 Å². The number of rotatable bonds is 5. The molecular formula is C36H29NO5. The number of ketones is 3. The molecule has 4 aromatic rings.